The molecule has 9 heteroatoms. The first-order chi connectivity index (χ1) is 11.4. The minimum Gasteiger partial charge on any atom is -0.395 e. The van der Waals surface area contributed by atoms with Gasteiger partial charge in [-0.25, -0.2) is 8.42 Å². The zero-order chi connectivity index (χ0) is 17.7. The van der Waals surface area contributed by atoms with Gasteiger partial charge in [0.05, 0.1) is 18.1 Å². The second-order valence-corrected chi connectivity index (χ2v) is 7.91. The van der Waals surface area contributed by atoms with Crippen molar-refractivity contribution in [2.45, 2.75) is 36.7 Å². The monoisotopic (exact) mass is 354 g/mol. The van der Waals surface area contributed by atoms with E-state index in [-0.39, 0.29) is 30.6 Å². The largest absolute Gasteiger partial charge is 0.395 e. The maximum absolute atomic E-state index is 13.0. The van der Waals surface area contributed by atoms with Gasteiger partial charge in [-0.05, 0) is 43.3 Å². The lowest BCUT2D eigenvalue weighted by molar-refractivity contribution is 0.0569. The molecule has 1 unspecified atom stereocenters. The summed E-state index contributed by atoms with van der Waals surface area (Å²) in [5, 5.41) is 22.9. The predicted molar refractivity (Wildman–Crippen MR) is 88.7 cm³/mol. The van der Waals surface area contributed by atoms with E-state index in [2.05, 4.69) is 10.0 Å². The Morgan fingerprint density at radius 3 is 2.21 bits per heavy atom. The van der Waals surface area contributed by atoms with Gasteiger partial charge >= 0.3 is 0 Å². The van der Waals surface area contributed by atoms with Gasteiger partial charge in [-0.15, -0.1) is 0 Å². The summed E-state index contributed by atoms with van der Waals surface area (Å²) in [6, 6.07) is 5.17. The normalized spacial score (nSPS) is 25.2. The Hall–Kier alpha value is -1.64. The second kappa shape index (κ2) is 7.96. The van der Waals surface area contributed by atoms with Crippen LogP contribution in [0, 0.1) is 12.8 Å². The molecule has 1 heterocycles. The van der Waals surface area contributed by atoms with Gasteiger partial charge in [-0.3, -0.25) is 0 Å². The van der Waals surface area contributed by atoms with Crippen LogP contribution in [0.2, 0.25) is 0 Å². The molecule has 1 aliphatic heterocycles. The number of azide groups is 1. The summed E-state index contributed by atoms with van der Waals surface area (Å²) < 4.78 is 27.2. The highest BCUT2D eigenvalue weighted by atomic mass is 32.2. The first-order valence-corrected chi connectivity index (χ1v) is 9.20. The minimum atomic E-state index is -3.84. The lowest BCUT2D eigenvalue weighted by atomic mass is 9.88. The summed E-state index contributed by atoms with van der Waals surface area (Å²) in [4.78, 5) is 2.86. The third-order valence-corrected chi connectivity index (χ3v) is 6.37. The molecule has 24 heavy (non-hydrogen) atoms. The number of aliphatic hydroxyl groups excluding tert-OH is 2. The summed E-state index contributed by atoms with van der Waals surface area (Å²) in [6.07, 6.45) is 0.772. The molecule has 1 fully saturated rings. The Kier molecular flexibility index (Phi) is 6.20. The van der Waals surface area contributed by atoms with Crippen molar-refractivity contribution in [2.75, 3.05) is 19.8 Å². The average molecular weight is 354 g/mol. The standard InChI is InChI=1S/C15H22N4O4S/c1-11-2-4-15(5-3-11)24(22,23)19-13(9-20)6-12(8-17-18-16)7-14(19)10-21/h2-5,12-14,20-21H,6-10H2,1H3/t12?,13-,14+. The average Bonchev–Trinajstić information content (AvgIpc) is 2.59. The fraction of sp³-hybridized carbons (Fsp3) is 0.600. The van der Waals surface area contributed by atoms with Crippen molar-refractivity contribution in [3.05, 3.63) is 40.3 Å². The molecule has 0 aliphatic carbocycles. The van der Waals surface area contributed by atoms with E-state index in [0.717, 1.165) is 5.56 Å². The van der Waals surface area contributed by atoms with E-state index in [1.165, 1.54) is 16.4 Å². The SMILES string of the molecule is Cc1ccc(S(=O)(=O)N2[C@H](CO)CC(CN=[N+]=[N-])C[C@@H]2CO)cc1. The number of aryl methyl sites for hydroxylation is 1. The number of sulfonamides is 1. The van der Waals surface area contributed by atoms with Gasteiger partial charge in [0.1, 0.15) is 0 Å². The summed E-state index contributed by atoms with van der Waals surface area (Å²) >= 11 is 0. The maximum atomic E-state index is 13.0. The lowest BCUT2D eigenvalue weighted by Crippen LogP contribution is -2.55. The fourth-order valence-corrected chi connectivity index (χ4v) is 5.02. The Morgan fingerprint density at radius 1 is 1.21 bits per heavy atom. The Balaban J connectivity index is 2.35. The summed E-state index contributed by atoms with van der Waals surface area (Å²) in [5.41, 5.74) is 9.39. The van der Waals surface area contributed by atoms with Crippen LogP contribution < -0.4 is 0 Å². The molecule has 1 aliphatic rings. The molecule has 132 valence electrons. The molecule has 2 rings (SSSR count). The molecule has 3 atom stereocenters. The van der Waals surface area contributed by atoms with E-state index in [1.54, 1.807) is 12.1 Å². The van der Waals surface area contributed by atoms with E-state index in [4.69, 9.17) is 5.53 Å². The van der Waals surface area contributed by atoms with Crippen molar-refractivity contribution in [2.24, 2.45) is 11.0 Å². The smallest absolute Gasteiger partial charge is 0.243 e. The van der Waals surface area contributed by atoms with E-state index < -0.39 is 22.1 Å². The molecule has 0 saturated carbocycles. The van der Waals surface area contributed by atoms with Crippen molar-refractivity contribution in [1.82, 2.24) is 4.31 Å². The van der Waals surface area contributed by atoms with Crippen LogP contribution in [0.5, 0.6) is 0 Å². The topological polar surface area (TPSA) is 127 Å². The maximum Gasteiger partial charge on any atom is 0.243 e. The van der Waals surface area contributed by atoms with Crippen LogP contribution in [0.25, 0.3) is 10.4 Å². The van der Waals surface area contributed by atoms with Gasteiger partial charge in [0, 0.05) is 23.5 Å². The molecule has 1 saturated heterocycles. The lowest BCUT2D eigenvalue weighted by Gasteiger charge is -2.42. The quantitative estimate of drug-likeness (QED) is 0.455. The van der Waals surface area contributed by atoms with Gasteiger partial charge in [0.2, 0.25) is 10.0 Å². The van der Waals surface area contributed by atoms with Gasteiger partial charge in [-0.1, -0.05) is 22.8 Å². The number of piperidine rings is 1. The van der Waals surface area contributed by atoms with E-state index in [9.17, 15) is 18.6 Å². The summed E-state index contributed by atoms with van der Waals surface area (Å²) in [6.45, 7) is 1.38. The Labute approximate surface area is 141 Å². The number of hydrogen-bond donors (Lipinski definition) is 2. The van der Waals surface area contributed by atoms with Gasteiger partial charge in [-0.2, -0.15) is 4.31 Å². The highest BCUT2D eigenvalue weighted by Gasteiger charge is 2.42. The first-order valence-electron chi connectivity index (χ1n) is 7.76. The van der Waals surface area contributed by atoms with Crippen LogP contribution in [-0.4, -0.2) is 54.8 Å². The zero-order valence-corrected chi connectivity index (χ0v) is 14.3. The number of benzene rings is 1. The predicted octanol–water partition coefficient (Wildman–Crippen LogP) is 1.43. The van der Waals surface area contributed by atoms with Crippen LogP contribution in [0.15, 0.2) is 34.3 Å². The van der Waals surface area contributed by atoms with Crippen molar-refractivity contribution >= 4 is 10.0 Å². The highest BCUT2D eigenvalue weighted by Crippen LogP contribution is 2.33. The number of rotatable bonds is 6. The highest BCUT2D eigenvalue weighted by molar-refractivity contribution is 7.89. The molecule has 1 aromatic carbocycles. The minimum absolute atomic E-state index is 0.0698. The van der Waals surface area contributed by atoms with E-state index in [0.29, 0.717) is 12.8 Å². The zero-order valence-electron chi connectivity index (χ0n) is 13.5. The Morgan fingerprint density at radius 2 is 1.75 bits per heavy atom. The first kappa shape index (κ1) is 18.7. The third-order valence-electron chi connectivity index (χ3n) is 4.35. The van der Waals surface area contributed by atoms with Crippen LogP contribution in [0.4, 0.5) is 0 Å². The molecule has 0 bridgehead atoms. The van der Waals surface area contributed by atoms with Crippen molar-refractivity contribution < 1.29 is 18.6 Å². The molecule has 0 radical (unpaired) electrons. The molecule has 0 spiro atoms. The number of nitrogens with zero attached hydrogens (tertiary/aromatic N) is 4. The summed E-state index contributed by atoms with van der Waals surface area (Å²) in [7, 11) is -3.84. The van der Waals surface area contributed by atoms with Crippen LogP contribution >= 0.6 is 0 Å². The van der Waals surface area contributed by atoms with E-state index >= 15 is 0 Å². The van der Waals surface area contributed by atoms with Crippen LogP contribution in [-0.2, 0) is 10.0 Å². The van der Waals surface area contributed by atoms with Gasteiger partial charge in [0.25, 0.3) is 0 Å². The molecule has 0 aromatic heterocycles. The number of aliphatic hydroxyl groups is 2. The molecule has 8 nitrogen and oxygen atoms in total. The molecular formula is C15H22N4O4S. The van der Waals surface area contributed by atoms with Crippen LogP contribution in [0.1, 0.15) is 18.4 Å². The fourth-order valence-electron chi connectivity index (χ4n) is 3.21. The van der Waals surface area contributed by atoms with Crippen LogP contribution in [0.3, 0.4) is 0 Å². The van der Waals surface area contributed by atoms with E-state index in [1.807, 2.05) is 6.92 Å². The molecule has 0 amide bonds. The van der Waals surface area contributed by atoms with Crippen molar-refractivity contribution in [1.29, 1.82) is 0 Å². The number of hydrogen-bond acceptors (Lipinski definition) is 5. The van der Waals surface area contributed by atoms with Gasteiger partial charge < -0.3 is 10.2 Å². The van der Waals surface area contributed by atoms with Gasteiger partial charge in [0.15, 0.2) is 0 Å². The molecular weight excluding hydrogens is 332 g/mol. The molecule has 1 aromatic rings. The molecule has 2 N–H and O–H groups in total. The van der Waals surface area contributed by atoms with Crippen molar-refractivity contribution in [3.8, 4) is 0 Å². The van der Waals surface area contributed by atoms with Crippen molar-refractivity contribution in [3.63, 3.8) is 0 Å². The summed E-state index contributed by atoms with van der Waals surface area (Å²) in [5.74, 6) is -0.0698. The second-order valence-electron chi connectivity index (χ2n) is 6.07. The third kappa shape index (κ3) is 3.88. The Bertz CT molecular complexity index is 687.